The summed E-state index contributed by atoms with van der Waals surface area (Å²) in [5, 5.41) is 12.8. The maximum absolute atomic E-state index is 12.9. The lowest BCUT2D eigenvalue weighted by atomic mass is 9.98. The number of carboxylic acids is 1. The molecular weight excluding hydrogens is 431 g/mol. The zero-order chi connectivity index (χ0) is 22.0. The Hall–Kier alpha value is -3.21. The number of carboxylic acid groups (broad SMARTS) is 1. The Labute approximate surface area is 179 Å². The highest BCUT2D eigenvalue weighted by Crippen LogP contribution is 2.34. The lowest BCUT2D eigenvalue weighted by molar-refractivity contribution is -0.142. The third-order valence-corrected chi connectivity index (χ3v) is 6.06. The first kappa shape index (κ1) is 21.0. The van der Waals surface area contributed by atoms with Crippen LogP contribution in [0, 0.1) is 5.92 Å². The van der Waals surface area contributed by atoms with E-state index in [0.717, 1.165) is 27.8 Å². The maximum atomic E-state index is 12.9. The van der Waals surface area contributed by atoms with E-state index in [-0.39, 0.29) is 11.9 Å². The Morgan fingerprint density at radius 1 is 1.19 bits per heavy atom. The fourth-order valence-electron chi connectivity index (χ4n) is 3.32. The van der Waals surface area contributed by atoms with E-state index in [0.29, 0.717) is 31.6 Å². The summed E-state index contributed by atoms with van der Waals surface area (Å²) in [5.74, 6) is -1.21. The van der Waals surface area contributed by atoms with Crippen LogP contribution < -0.4 is 10.2 Å². The Morgan fingerprint density at radius 2 is 1.97 bits per heavy atom. The lowest BCUT2D eigenvalue weighted by Crippen LogP contribution is -2.36. The quantitative estimate of drug-likeness (QED) is 0.585. The zero-order valence-electron chi connectivity index (χ0n) is 16.1. The van der Waals surface area contributed by atoms with Crippen molar-refractivity contribution in [3.63, 3.8) is 0 Å². The van der Waals surface area contributed by atoms with Gasteiger partial charge in [-0.1, -0.05) is 23.5 Å². The molecule has 0 bridgehead atoms. The van der Waals surface area contributed by atoms with Gasteiger partial charge in [0, 0.05) is 31.2 Å². The molecule has 3 heterocycles. The number of rotatable bonds is 5. The number of aliphatic carboxylic acids is 1. The van der Waals surface area contributed by atoms with E-state index in [1.54, 1.807) is 24.4 Å². The summed E-state index contributed by atoms with van der Waals surface area (Å²) in [5.41, 5.74) is 0.384. The second-order valence-electron chi connectivity index (χ2n) is 7.08. The lowest BCUT2D eigenvalue weighted by Gasteiger charge is -2.29. The first-order valence-corrected chi connectivity index (χ1v) is 10.3. The molecule has 2 N–H and O–H groups in total. The molecule has 11 heteroatoms. The van der Waals surface area contributed by atoms with Crippen molar-refractivity contribution in [2.75, 3.05) is 23.3 Å². The van der Waals surface area contributed by atoms with Crippen LogP contribution in [0.25, 0.3) is 10.4 Å². The number of aromatic nitrogens is 3. The van der Waals surface area contributed by atoms with Gasteiger partial charge in [0.05, 0.1) is 10.8 Å². The van der Waals surface area contributed by atoms with E-state index in [1.165, 1.54) is 11.3 Å². The van der Waals surface area contributed by atoms with Gasteiger partial charge in [-0.25, -0.2) is 15.0 Å². The van der Waals surface area contributed by atoms with Gasteiger partial charge in [0.1, 0.15) is 5.69 Å². The van der Waals surface area contributed by atoms with Crippen molar-refractivity contribution in [2.24, 2.45) is 5.92 Å². The number of thiazole rings is 1. The third kappa shape index (κ3) is 4.93. The Bertz CT molecular complexity index is 1080. The minimum absolute atomic E-state index is 0.140. The average Bonchev–Trinajstić information content (AvgIpc) is 3.24. The summed E-state index contributed by atoms with van der Waals surface area (Å²) < 4.78 is 38.6. The monoisotopic (exact) mass is 449 g/mol. The van der Waals surface area contributed by atoms with Crippen molar-refractivity contribution >= 4 is 34.1 Å². The molecule has 0 atom stereocenters. The number of hydrogen-bond acceptors (Lipinski definition) is 7. The molecule has 0 spiro atoms. The highest BCUT2D eigenvalue weighted by atomic mass is 32.1. The summed E-state index contributed by atoms with van der Waals surface area (Å²) in [4.78, 5) is 25.9. The molecule has 0 radical (unpaired) electrons. The van der Waals surface area contributed by atoms with Crippen molar-refractivity contribution in [1.82, 2.24) is 15.0 Å². The number of hydrogen-bond donors (Lipinski definition) is 2. The highest BCUT2D eigenvalue weighted by molar-refractivity contribution is 7.18. The highest BCUT2D eigenvalue weighted by Gasteiger charge is 2.32. The molecular formula is C20H18F3N5O2S. The zero-order valence-corrected chi connectivity index (χ0v) is 17.0. The van der Waals surface area contributed by atoms with Gasteiger partial charge in [-0.15, -0.1) is 0 Å². The smallest absolute Gasteiger partial charge is 0.433 e. The van der Waals surface area contributed by atoms with Crippen LogP contribution in [0.15, 0.2) is 42.7 Å². The van der Waals surface area contributed by atoms with Crippen LogP contribution in [0.2, 0.25) is 0 Å². The van der Waals surface area contributed by atoms with E-state index in [2.05, 4.69) is 25.2 Å². The molecule has 1 saturated heterocycles. The van der Waals surface area contributed by atoms with Gasteiger partial charge in [-0.2, -0.15) is 13.2 Å². The van der Waals surface area contributed by atoms with Crippen LogP contribution in [0.5, 0.6) is 0 Å². The molecule has 0 amide bonds. The van der Waals surface area contributed by atoms with Crippen LogP contribution in [0.1, 0.15) is 18.5 Å². The molecule has 162 valence electrons. The largest absolute Gasteiger partial charge is 0.481 e. The van der Waals surface area contributed by atoms with E-state index in [4.69, 9.17) is 5.11 Å². The van der Waals surface area contributed by atoms with Crippen molar-refractivity contribution in [2.45, 2.75) is 19.0 Å². The number of piperidine rings is 1. The van der Waals surface area contributed by atoms with E-state index < -0.39 is 17.8 Å². The summed E-state index contributed by atoms with van der Waals surface area (Å²) >= 11 is 1.48. The summed E-state index contributed by atoms with van der Waals surface area (Å²) in [7, 11) is 0. The maximum Gasteiger partial charge on any atom is 0.433 e. The molecule has 0 saturated carbocycles. The van der Waals surface area contributed by atoms with E-state index in [1.807, 2.05) is 6.07 Å². The van der Waals surface area contributed by atoms with Crippen molar-refractivity contribution in [3.05, 3.63) is 48.4 Å². The Kier molecular flexibility index (Phi) is 5.77. The van der Waals surface area contributed by atoms with Gasteiger partial charge >= 0.3 is 12.1 Å². The van der Waals surface area contributed by atoms with Crippen LogP contribution in [0.3, 0.4) is 0 Å². The number of nitrogens with zero attached hydrogens (tertiary/aromatic N) is 4. The van der Waals surface area contributed by atoms with Crippen LogP contribution >= 0.6 is 11.3 Å². The first-order chi connectivity index (χ1) is 14.8. The summed E-state index contributed by atoms with van der Waals surface area (Å²) in [6.45, 7) is 1.27. The standard InChI is InChI=1S/C20H18F3N5O2S/c21-20(22,23)16-4-7-24-18(27-16)26-14-3-1-2-13(10-14)15-11-25-19(31-15)28-8-5-12(6-9-28)17(29)30/h1-4,7,10-12H,5-6,8-9H2,(H,29,30)(H,24,26,27). The number of benzene rings is 1. The number of nitrogens with one attached hydrogen (secondary N) is 1. The molecule has 4 rings (SSSR count). The van der Waals surface area contributed by atoms with Gasteiger partial charge in [0.15, 0.2) is 5.13 Å². The predicted octanol–water partition coefficient (Wildman–Crippen LogP) is 4.66. The van der Waals surface area contributed by atoms with Gasteiger partial charge in [0.2, 0.25) is 5.95 Å². The molecule has 0 aliphatic carbocycles. The van der Waals surface area contributed by atoms with Gasteiger partial charge in [-0.3, -0.25) is 4.79 Å². The number of carbonyl (C=O) groups is 1. The average molecular weight is 449 g/mol. The molecule has 0 unspecified atom stereocenters. The number of anilines is 3. The Balaban J connectivity index is 1.48. The molecule has 7 nitrogen and oxygen atoms in total. The van der Waals surface area contributed by atoms with E-state index in [9.17, 15) is 18.0 Å². The molecule has 2 aromatic heterocycles. The first-order valence-electron chi connectivity index (χ1n) is 9.51. The molecule has 1 aliphatic heterocycles. The van der Waals surface area contributed by atoms with Gasteiger partial charge in [-0.05, 0) is 36.6 Å². The second-order valence-corrected chi connectivity index (χ2v) is 8.08. The minimum Gasteiger partial charge on any atom is -0.481 e. The van der Waals surface area contributed by atoms with Crippen LogP contribution in [-0.2, 0) is 11.0 Å². The predicted molar refractivity (Wildman–Crippen MR) is 110 cm³/mol. The second kappa shape index (κ2) is 8.50. The summed E-state index contributed by atoms with van der Waals surface area (Å²) in [6.07, 6.45) is -0.575. The molecule has 1 fully saturated rings. The number of alkyl halides is 3. The molecule has 3 aromatic rings. The van der Waals surface area contributed by atoms with Gasteiger partial charge < -0.3 is 15.3 Å². The SMILES string of the molecule is O=C(O)C1CCN(c2ncc(-c3cccc(Nc4nccc(C(F)(F)F)n4)c3)s2)CC1. The summed E-state index contributed by atoms with van der Waals surface area (Å²) in [6, 6.07) is 7.98. The normalized spacial score (nSPS) is 15.1. The fourth-order valence-corrected chi connectivity index (χ4v) is 4.28. The third-order valence-electron chi connectivity index (χ3n) is 4.96. The van der Waals surface area contributed by atoms with Crippen molar-refractivity contribution < 1.29 is 23.1 Å². The van der Waals surface area contributed by atoms with Crippen molar-refractivity contribution in [1.29, 1.82) is 0 Å². The Morgan fingerprint density at radius 3 is 2.68 bits per heavy atom. The van der Waals surface area contributed by atoms with Crippen LogP contribution in [0.4, 0.5) is 29.9 Å². The minimum atomic E-state index is -4.54. The topological polar surface area (TPSA) is 91.2 Å². The fraction of sp³-hybridized carbons (Fsp3) is 0.300. The van der Waals surface area contributed by atoms with Crippen molar-refractivity contribution in [3.8, 4) is 10.4 Å². The number of halogens is 3. The molecule has 1 aromatic carbocycles. The molecule has 1 aliphatic rings. The van der Waals surface area contributed by atoms with Gasteiger partial charge in [0.25, 0.3) is 0 Å². The van der Waals surface area contributed by atoms with Crippen LogP contribution in [-0.4, -0.2) is 39.1 Å². The molecule has 31 heavy (non-hydrogen) atoms. The van der Waals surface area contributed by atoms with E-state index >= 15 is 0 Å².